The van der Waals surface area contributed by atoms with Gasteiger partial charge in [0.15, 0.2) is 0 Å². The molecule has 2 aliphatic heterocycles. The van der Waals surface area contributed by atoms with Gasteiger partial charge in [-0.2, -0.15) is 0 Å². The Balaban J connectivity index is 1.51. The van der Waals surface area contributed by atoms with E-state index in [2.05, 4.69) is 13.8 Å². The highest BCUT2D eigenvalue weighted by molar-refractivity contribution is 7.91. The van der Waals surface area contributed by atoms with Crippen LogP contribution in [0.4, 0.5) is 4.79 Å². The molecule has 14 heteroatoms. The molecule has 0 amide bonds. The summed E-state index contributed by atoms with van der Waals surface area (Å²) in [6, 6.07) is 0. The maximum absolute atomic E-state index is 12.6. The normalized spacial score (nSPS) is 18.2. The summed E-state index contributed by atoms with van der Waals surface area (Å²) in [6.45, 7) is 7.04. The van der Waals surface area contributed by atoms with Gasteiger partial charge in [0, 0.05) is 10.8 Å². The fraction of sp³-hybridized carbons (Fsp3) is 0.966. The lowest BCUT2D eigenvalue weighted by molar-refractivity contribution is -0.106. The SMILES string of the molecule is CC1(CCCCCCCS(=O)(=O)CCCOP(=O)(OCCCS(=O)(=O)CCCCCCCC2(C)COC2)C(=O)O)COC1. The van der Waals surface area contributed by atoms with E-state index in [4.69, 9.17) is 18.5 Å². The molecule has 0 bridgehead atoms. The molecule has 2 saturated heterocycles. The first kappa shape index (κ1) is 38.6. The van der Waals surface area contributed by atoms with E-state index >= 15 is 0 Å². The van der Waals surface area contributed by atoms with Gasteiger partial charge in [-0.1, -0.05) is 65.2 Å². The molecule has 0 aromatic heterocycles. The number of carboxylic acid groups (broad SMARTS) is 1. The Bertz CT molecular complexity index is 1010. The molecule has 11 nitrogen and oxygen atoms in total. The van der Waals surface area contributed by atoms with Gasteiger partial charge in [-0.05, 0) is 38.5 Å². The molecule has 0 radical (unpaired) electrons. The van der Waals surface area contributed by atoms with Crippen LogP contribution >= 0.6 is 7.60 Å². The summed E-state index contributed by atoms with van der Waals surface area (Å²) in [5, 5.41) is 9.32. The minimum absolute atomic E-state index is 0.00821. The van der Waals surface area contributed by atoms with Gasteiger partial charge in [0.1, 0.15) is 19.7 Å². The van der Waals surface area contributed by atoms with Crippen molar-refractivity contribution in [2.75, 3.05) is 62.7 Å². The Kier molecular flexibility index (Phi) is 16.7. The fourth-order valence-electron chi connectivity index (χ4n) is 5.28. The van der Waals surface area contributed by atoms with E-state index in [1.807, 2.05) is 0 Å². The van der Waals surface area contributed by atoms with Gasteiger partial charge in [0.05, 0.1) is 62.7 Å². The maximum Gasteiger partial charge on any atom is 0.438 e. The van der Waals surface area contributed by atoms with Crippen LogP contribution in [0.2, 0.25) is 0 Å². The molecule has 0 aliphatic carbocycles. The number of rotatable bonds is 27. The van der Waals surface area contributed by atoms with Crippen molar-refractivity contribution in [2.45, 2.75) is 104 Å². The van der Waals surface area contributed by atoms with E-state index in [1.54, 1.807) is 0 Å². The number of ether oxygens (including phenoxy) is 2. The van der Waals surface area contributed by atoms with E-state index in [0.717, 1.165) is 90.6 Å². The van der Waals surface area contributed by atoms with Gasteiger partial charge in [-0.15, -0.1) is 0 Å². The summed E-state index contributed by atoms with van der Waals surface area (Å²) in [4.78, 5) is 11.5. The highest BCUT2D eigenvalue weighted by atomic mass is 32.2. The Hall–Kier alpha value is -0.560. The minimum atomic E-state index is -4.54. The first-order chi connectivity index (χ1) is 20.2. The summed E-state index contributed by atoms with van der Waals surface area (Å²) in [7, 11) is -11.2. The van der Waals surface area contributed by atoms with Crippen LogP contribution in [0.1, 0.15) is 104 Å². The number of hydrogen-bond acceptors (Lipinski definition) is 10. The molecule has 0 saturated carbocycles. The van der Waals surface area contributed by atoms with Crippen LogP contribution in [0, 0.1) is 10.8 Å². The van der Waals surface area contributed by atoms with Gasteiger partial charge in [-0.3, -0.25) is 0 Å². The predicted octanol–water partition coefficient (Wildman–Crippen LogP) is 6.25. The fourth-order valence-corrected chi connectivity index (χ4v) is 9.12. The first-order valence-corrected chi connectivity index (χ1v) is 21.1. The van der Waals surface area contributed by atoms with Gasteiger partial charge in [-0.25, -0.2) is 26.2 Å². The van der Waals surface area contributed by atoms with Crippen LogP contribution in [0.3, 0.4) is 0 Å². The number of hydrogen-bond donors (Lipinski definition) is 1. The van der Waals surface area contributed by atoms with Crippen LogP contribution in [0.25, 0.3) is 0 Å². The lowest BCUT2D eigenvalue weighted by Crippen LogP contribution is -2.39. The van der Waals surface area contributed by atoms with Crippen molar-refractivity contribution in [1.29, 1.82) is 0 Å². The van der Waals surface area contributed by atoms with Crippen LogP contribution in [-0.2, 0) is 42.8 Å². The highest BCUT2D eigenvalue weighted by Crippen LogP contribution is 2.49. The predicted molar refractivity (Wildman–Crippen MR) is 167 cm³/mol. The lowest BCUT2D eigenvalue weighted by atomic mass is 9.83. The zero-order chi connectivity index (χ0) is 31.9. The first-order valence-electron chi connectivity index (χ1n) is 15.9. The average Bonchev–Trinajstić information content (AvgIpc) is 2.90. The van der Waals surface area contributed by atoms with E-state index < -0.39 is 33.0 Å². The lowest BCUT2D eigenvalue weighted by Gasteiger charge is -2.38. The van der Waals surface area contributed by atoms with Crippen LogP contribution < -0.4 is 0 Å². The topological polar surface area (TPSA) is 160 Å². The van der Waals surface area contributed by atoms with E-state index in [-0.39, 0.29) is 49.1 Å². The molecule has 43 heavy (non-hydrogen) atoms. The molecule has 254 valence electrons. The molecule has 2 fully saturated rings. The molecule has 0 aromatic rings. The van der Waals surface area contributed by atoms with Crippen molar-refractivity contribution in [3.63, 3.8) is 0 Å². The summed E-state index contributed by atoms with van der Waals surface area (Å²) >= 11 is 0. The maximum atomic E-state index is 12.6. The molecule has 2 aliphatic rings. The third kappa shape index (κ3) is 16.0. The van der Waals surface area contributed by atoms with E-state index in [9.17, 15) is 31.3 Å². The van der Waals surface area contributed by atoms with Crippen molar-refractivity contribution >= 4 is 33.0 Å². The van der Waals surface area contributed by atoms with Gasteiger partial charge in [0.25, 0.3) is 0 Å². The second kappa shape index (κ2) is 18.6. The Morgan fingerprint density at radius 3 is 1.28 bits per heavy atom. The largest absolute Gasteiger partial charge is 0.472 e. The monoisotopic (exact) mass is 674 g/mol. The Labute approximate surface area is 259 Å². The quantitative estimate of drug-likeness (QED) is 0.0774. The number of unbranched alkanes of at least 4 members (excludes halogenated alkanes) is 8. The molecule has 2 rings (SSSR count). The molecule has 0 spiro atoms. The van der Waals surface area contributed by atoms with Crippen LogP contribution in [0.5, 0.6) is 0 Å². The van der Waals surface area contributed by atoms with Crippen LogP contribution in [-0.4, -0.2) is 90.3 Å². The molecular formula is C29H55O11PS2. The van der Waals surface area contributed by atoms with Crippen molar-refractivity contribution in [3.05, 3.63) is 0 Å². The Morgan fingerprint density at radius 1 is 0.628 bits per heavy atom. The summed E-state index contributed by atoms with van der Waals surface area (Å²) in [6.07, 6.45) is 11.4. The van der Waals surface area contributed by atoms with Crippen molar-refractivity contribution in [2.24, 2.45) is 10.8 Å². The third-order valence-electron chi connectivity index (χ3n) is 8.23. The van der Waals surface area contributed by atoms with Gasteiger partial charge >= 0.3 is 13.3 Å². The second-order valence-corrected chi connectivity index (χ2v) is 19.6. The molecule has 0 unspecified atom stereocenters. The average molecular weight is 675 g/mol. The van der Waals surface area contributed by atoms with Crippen LogP contribution in [0.15, 0.2) is 0 Å². The molecule has 2 heterocycles. The highest BCUT2D eigenvalue weighted by Gasteiger charge is 2.35. The zero-order valence-electron chi connectivity index (χ0n) is 26.3. The minimum Gasteiger partial charge on any atom is -0.472 e. The summed E-state index contributed by atoms with van der Waals surface area (Å²) < 4.78 is 82.3. The van der Waals surface area contributed by atoms with Crippen molar-refractivity contribution in [3.8, 4) is 0 Å². The van der Waals surface area contributed by atoms with Gasteiger partial charge < -0.3 is 23.6 Å². The molecule has 0 atom stereocenters. The third-order valence-corrected chi connectivity index (χ3v) is 13.4. The zero-order valence-corrected chi connectivity index (χ0v) is 28.8. The number of carbonyl (C=O) groups is 1. The smallest absolute Gasteiger partial charge is 0.438 e. The standard InChI is InChI=1S/C29H55O11PS2/c1-28(23-37-24-28)15-9-5-3-7-11-19-42(33,34)21-13-17-39-41(32,27(30)31)40-18-14-22-43(35,36)20-12-8-4-6-10-16-29(2)25-38-26-29/h3-26H2,1-2H3,(H,30,31). The number of sulfone groups is 2. The second-order valence-electron chi connectivity index (χ2n) is 13.1. The Morgan fingerprint density at radius 2 is 0.953 bits per heavy atom. The van der Waals surface area contributed by atoms with Crippen molar-refractivity contribution < 1.29 is 49.8 Å². The summed E-state index contributed by atoms with van der Waals surface area (Å²) in [5.74, 6) is -0.292. The van der Waals surface area contributed by atoms with Crippen molar-refractivity contribution in [1.82, 2.24) is 0 Å². The molecule has 0 aromatic carbocycles. The summed E-state index contributed by atoms with van der Waals surface area (Å²) in [5.41, 5.74) is -1.16. The van der Waals surface area contributed by atoms with E-state index in [0.29, 0.717) is 23.7 Å². The molecular weight excluding hydrogens is 619 g/mol. The van der Waals surface area contributed by atoms with E-state index in [1.165, 1.54) is 0 Å². The molecule has 1 N–H and O–H groups in total. The van der Waals surface area contributed by atoms with Gasteiger partial charge in [0.2, 0.25) is 0 Å².